The number of oxazole rings is 1. The van der Waals surface area contributed by atoms with E-state index < -0.39 is 5.97 Å². The number of rotatable bonds is 6. The maximum Gasteiger partial charge on any atom is 0.361 e. The molecule has 0 N–H and O–H groups in total. The number of para-hydroxylation sites is 1. The van der Waals surface area contributed by atoms with Crippen molar-refractivity contribution in [2.45, 2.75) is 20.5 Å². The van der Waals surface area contributed by atoms with Gasteiger partial charge in [0.2, 0.25) is 11.8 Å². The fourth-order valence-corrected chi connectivity index (χ4v) is 3.84. The molecule has 2 aromatic carbocycles. The molecule has 0 fully saturated rings. The molecular formula is C23H19N3O4S. The summed E-state index contributed by atoms with van der Waals surface area (Å²) in [6, 6.07) is 18.6. The van der Waals surface area contributed by atoms with E-state index in [-0.39, 0.29) is 18.2 Å². The van der Waals surface area contributed by atoms with Crippen molar-refractivity contribution in [2.75, 3.05) is 4.90 Å². The van der Waals surface area contributed by atoms with Gasteiger partial charge in [-0.1, -0.05) is 36.4 Å². The molecule has 0 aliphatic carbocycles. The van der Waals surface area contributed by atoms with Crippen LogP contribution in [0, 0.1) is 6.92 Å². The van der Waals surface area contributed by atoms with Gasteiger partial charge in [-0.15, -0.1) is 11.3 Å². The van der Waals surface area contributed by atoms with Crippen LogP contribution in [0.3, 0.4) is 0 Å². The summed E-state index contributed by atoms with van der Waals surface area (Å²) in [5, 5.41) is 2.26. The van der Waals surface area contributed by atoms with Gasteiger partial charge in [0.15, 0.2) is 10.8 Å². The number of aromatic nitrogens is 2. The van der Waals surface area contributed by atoms with Crippen molar-refractivity contribution in [3.63, 3.8) is 0 Å². The molecule has 0 spiro atoms. The summed E-state index contributed by atoms with van der Waals surface area (Å²) < 4.78 is 11.0. The standard InChI is InChI=1S/C23H19N3O4S/c1-15-20(25-21(30-15)17-9-5-3-6-10-17)22(28)29-13-18-14-31-23(24-18)26(16(2)27)19-11-7-4-8-12-19/h3-12,14H,13H2,1-2H3. The van der Waals surface area contributed by atoms with Gasteiger partial charge in [-0.3, -0.25) is 9.69 Å². The quantitative estimate of drug-likeness (QED) is 0.391. The van der Waals surface area contributed by atoms with E-state index in [1.807, 2.05) is 60.7 Å². The normalized spacial score (nSPS) is 10.6. The number of ether oxygens (including phenoxy) is 1. The Balaban J connectivity index is 1.46. The molecule has 0 atom stereocenters. The zero-order valence-corrected chi connectivity index (χ0v) is 17.8. The Morgan fingerprint density at radius 3 is 2.39 bits per heavy atom. The Labute approximate surface area is 182 Å². The van der Waals surface area contributed by atoms with Crippen molar-refractivity contribution in [2.24, 2.45) is 0 Å². The molecule has 0 saturated heterocycles. The highest BCUT2D eigenvalue weighted by molar-refractivity contribution is 7.14. The fourth-order valence-electron chi connectivity index (χ4n) is 2.97. The van der Waals surface area contributed by atoms with Crippen molar-refractivity contribution in [3.05, 3.63) is 83.2 Å². The first-order chi connectivity index (χ1) is 15.0. The zero-order chi connectivity index (χ0) is 21.8. The molecule has 2 aromatic heterocycles. The fraction of sp³-hybridized carbons (Fsp3) is 0.130. The van der Waals surface area contributed by atoms with Gasteiger partial charge in [0, 0.05) is 17.9 Å². The van der Waals surface area contributed by atoms with Gasteiger partial charge >= 0.3 is 5.97 Å². The second-order valence-corrected chi connectivity index (χ2v) is 7.51. The lowest BCUT2D eigenvalue weighted by Gasteiger charge is -2.17. The van der Waals surface area contributed by atoms with E-state index >= 15 is 0 Å². The smallest absolute Gasteiger partial charge is 0.361 e. The topological polar surface area (TPSA) is 85.5 Å². The minimum atomic E-state index is -0.593. The van der Waals surface area contributed by atoms with E-state index in [0.717, 1.165) is 11.3 Å². The maximum atomic E-state index is 12.5. The summed E-state index contributed by atoms with van der Waals surface area (Å²) in [5.74, 6) is -0.00386. The maximum absolute atomic E-state index is 12.5. The molecule has 31 heavy (non-hydrogen) atoms. The summed E-state index contributed by atoms with van der Waals surface area (Å²) in [7, 11) is 0. The van der Waals surface area contributed by atoms with E-state index in [4.69, 9.17) is 9.15 Å². The molecule has 0 unspecified atom stereocenters. The van der Waals surface area contributed by atoms with E-state index in [1.54, 1.807) is 12.3 Å². The SMILES string of the molecule is CC(=O)N(c1ccccc1)c1nc(COC(=O)c2nc(-c3ccccc3)oc2C)cs1. The van der Waals surface area contributed by atoms with Crippen molar-refractivity contribution in [1.82, 2.24) is 9.97 Å². The van der Waals surface area contributed by atoms with Gasteiger partial charge < -0.3 is 9.15 Å². The van der Waals surface area contributed by atoms with Crippen LogP contribution in [-0.2, 0) is 16.1 Å². The van der Waals surface area contributed by atoms with Crippen LogP contribution < -0.4 is 4.90 Å². The zero-order valence-electron chi connectivity index (χ0n) is 16.9. The first-order valence-corrected chi connectivity index (χ1v) is 10.4. The lowest BCUT2D eigenvalue weighted by atomic mass is 10.2. The predicted molar refractivity (Wildman–Crippen MR) is 117 cm³/mol. The average Bonchev–Trinajstić information content (AvgIpc) is 3.40. The summed E-state index contributed by atoms with van der Waals surface area (Å²) >= 11 is 1.30. The number of aryl methyl sites for hydroxylation is 1. The monoisotopic (exact) mass is 433 g/mol. The van der Waals surface area contributed by atoms with Crippen LogP contribution in [0.25, 0.3) is 11.5 Å². The number of esters is 1. The van der Waals surface area contributed by atoms with Gasteiger partial charge in [-0.2, -0.15) is 0 Å². The Hall–Kier alpha value is -3.78. The molecule has 0 saturated carbocycles. The minimum absolute atomic E-state index is 0.0389. The molecule has 0 bridgehead atoms. The number of hydrogen-bond acceptors (Lipinski definition) is 7. The van der Waals surface area contributed by atoms with E-state index in [9.17, 15) is 9.59 Å². The van der Waals surface area contributed by atoms with Gasteiger partial charge in [-0.05, 0) is 31.2 Å². The molecule has 0 radical (unpaired) electrons. The molecule has 8 heteroatoms. The van der Waals surface area contributed by atoms with Crippen LogP contribution >= 0.6 is 11.3 Å². The van der Waals surface area contributed by atoms with E-state index in [0.29, 0.717) is 22.5 Å². The third-order valence-electron chi connectivity index (χ3n) is 4.42. The number of nitrogens with zero attached hydrogens (tertiary/aromatic N) is 3. The van der Waals surface area contributed by atoms with Gasteiger partial charge in [0.1, 0.15) is 12.4 Å². The van der Waals surface area contributed by atoms with Crippen molar-refractivity contribution >= 4 is 34.0 Å². The minimum Gasteiger partial charge on any atom is -0.454 e. The van der Waals surface area contributed by atoms with Crippen molar-refractivity contribution < 1.29 is 18.7 Å². The number of thiazole rings is 1. The molecule has 4 aromatic rings. The van der Waals surface area contributed by atoms with Crippen molar-refractivity contribution in [1.29, 1.82) is 0 Å². The largest absolute Gasteiger partial charge is 0.454 e. The highest BCUT2D eigenvalue weighted by atomic mass is 32.1. The molecule has 156 valence electrons. The molecular weight excluding hydrogens is 414 g/mol. The Morgan fingerprint density at radius 1 is 1.03 bits per heavy atom. The number of anilines is 2. The summed E-state index contributed by atoms with van der Waals surface area (Å²) in [4.78, 5) is 34.9. The summed E-state index contributed by atoms with van der Waals surface area (Å²) in [5.41, 5.74) is 2.17. The van der Waals surface area contributed by atoms with Crippen LogP contribution in [0.2, 0.25) is 0 Å². The Bertz CT molecular complexity index is 1200. The Morgan fingerprint density at radius 2 is 1.71 bits per heavy atom. The van der Waals surface area contributed by atoms with Crippen LogP contribution in [0.15, 0.2) is 70.5 Å². The number of carbonyl (C=O) groups is 2. The molecule has 2 heterocycles. The Kier molecular flexibility index (Phi) is 5.90. The van der Waals surface area contributed by atoms with Crippen molar-refractivity contribution in [3.8, 4) is 11.5 Å². The second kappa shape index (κ2) is 8.93. The highest BCUT2D eigenvalue weighted by Gasteiger charge is 2.21. The summed E-state index contributed by atoms with van der Waals surface area (Å²) in [6.45, 7) is 3.11. The first kappa shape index (κ1) is 20.5. The van der Waals surface area contributed by atoms with Gasteiger partial charge in [0.05, 0.1) is 11.4 Å². The number of hydrogen-bond donors (Lipinski definition) is 0. The summed E-state index contributed by atoms with van der Waals surface area (Å²) in [6.07, 6.45) is 0. The number of benzene rings is 2. The molecule has 7 nitrogen and oxygen atoms in total. The van der Waals surface area contributed by atoms with Crippen LogP contribution in [0.4, 0.5) is 10.8 Å². The second-order valence-electron chi connectivity index (χ2n) is 6.68. The predicted octanol–water partition coefficient (Wildman–Crippen LogP) is 5.15. The third kappa shape index (κ3) is 4.54. The van der Waals surface area contributed by atoms with E-state index in [2.05, 4.69) is 9.97 Å². The lowest BCUT2D eigenvalue weighted by Crippen LogP contribution is -2.22. The lowest BCUT2D eigenvalue weighted by molar-refractivity contribution is -0.115. The molecule has 4 rings (SSSR count). The van der Waals surface area contributed by atoms with Gasteiger partial charge in [0.25, 0.3) is 0 Å². The molecule has 0 aliphatic rings. The number of carbonyl (C=O) groups excluding carboxylic acids is 2. The third-order valence-corrected chi connectivity index (χ3v) is 5.30. The number of amides is 1. The first-order valence-electron chi connectivity index (χ1n) is 9.53. The highest BCUT2D eigenvalue weighted by Crippen LogP contribution is 2.29. The van der Waals surface area contributed by atoms with E-state index in [1.165, 1.54) is 23.2 Å². The molecule has 0 aliphatic heterocycles. The molecule has 1 amide bonds. The van der Waals surface area contributed by atoms with Crippen LogP contribution in [0.1, 0.15) is 28.9 Å². The van der Waals surface area contributed by atoms with Crippen LogP contribution in [0.5, 0.6) is 0 Å². The van der Waals surface area contributed by atoms with Crippen LogP contribution in [-0.4, -0.2) is 21.8 Å². The average molecular weight is 433 g/mol. The van der Waals surface area contributed by atoms with Gasteiger partial charge in [-0.25, -0.2) is 14.8 Å².